The van der Waals surface area contributed by atoms with Crippen LogP contribution >= 0.6 is 11.6 Å². The average Bonchev–Trinajstić information content (AvgIpc) is 2.45. The van der Waals surface area contributed by atoms with Gasteiger partial charge in [-0.15, -0.1) is 0 Å². The summed E-state index contributed by atoms with van der Waals surface area (Å²) in [6.45, 7) is 4.48. The quantitative estimate of drug-likeness (QED) is 0.812. The predicted octanol–water partition coefficient (Wildman–Crippen LogP) is 3.18. The van der Waals surface area contributed by atoms with Crippen LogP contribution in [-0.4, -0.2) is 26.8 Å². The van der Waals surface area contributed by atoms with E-state index >= 15 is 0 Å². The second kappa shape index (κ2) is 6.48. The summed E-state index contributed by atoms with van der Waals surface area (Å²) in [6.07, 6.45) is 5.02. The van der Waals surface area contributed by atoms with E-state index in [4.69, 9.17) is 11.6 Å². The lowest BCUT2D eigenvalue weighted by Crippen LogP contribution is -2.36. The summed E-state index contributed by atoms with van der Waals surface area (Å²) < 4.78 is 0. The molecule has 2 aromatic rings. The van der Waals surface area contributed by atoms with E-state index in [0.29, 0.717) is 17.3 Å². The Hall–Kier alpha value is -1.94. The number of halogens is 1. The van der Waals surface area contributed by atoms with E-state index in [-0.39, 0.29) is 11.9 Å². The Morgan fingerprint density at radius 2 is 2.15 bits per heavy atom. The first kappa shape index (κ1) is 14.5. The van der Waals surface area contributed by atoms with Crippen LogP contribution in [0.15, 0.2) is 42.9 Å². The molecule has 0 aliphatic rings. The van der Waals surface area contributed by atoms with Crippen LogP contribution in [0.3, 0.4) is 0 Å². The number of carbonyl (C=O) groups is 1. The number of aromatic nitrogens is 2. The minimum absolute atomic E-state index is 0.0619. The first-order chi connectivity index (χ1) is 9.58. The van der Waals surface area contributed by atoms with E-state index < -0.39 is 0 Å². The Labute approximate surface area is 123 Å². The third-order valence-electron chi connectivity index (χ3n) is 2.93. The normalized spacial score (nSPS) is 10.6. The van der Waals surface area contributed by atoms with Gasteiger partial charge in [0.2, 0.25) is 0 Å². The highest BCUT2D eigenvalue weighted by atomic mass is 35.5. The van der Waals surface area contributed by atoms with Crippen molar-refractivity contribution in [1.29, 1.82) is 0 Å². The van der Waals surface area contributed by atoms with Crippen molar-refractivity contribution in [3.8, 4) is 0 Å². The first-order valence-corrected chi connectivity index (χ1v) is 6.77. The van der Waals surface area contributed by atoms with Crippen molar-refractivity contribution in [2.45, 2.75) is 26.4 Å². The van der Waals surface area contributed by atoms with Crippen molar-refractivity contribution >= 4 is 17.5 Å². The number of hydrogen-bond donors (Lipinski definition) is 0. The van der Waals surface area contributed by atoms with Gasteiger partial charge in [0.25, 0.3) is 5.91 Å². The molecule has 4 nitrogen and oxygen atoms in total. The number of carbonyl (C=O) groups excluding carboxylic acids is 1. The molecule has 0 radical (unpaired) electrons. The maximum Gasteiger partial charge on any atom is 0.254 e. The van der Waals surface area contributed by atoms with E-state index in [0.717, 1.165) is 5.56 Å². The summed E-state index contributed by atoms with van der Waals surface area (Å²) in [5.41, 5.74) is 1.54. The van der Waals surface area contributed by atoms with Gasteiger partial charge in [0.05, 0.1) is 0 Å². The van der Waals surface area contributed by atoms with Crippen LogP contribution in [-0.2, 0) is 6.54 Å². The highest BCUT2D eigenvalue weighted by Gasteiger charge is 2.19. The summed E-state index contributed by atoms with van der Waals surface area (Å²) in [6, 6.07) is 7.15. The molecular formula is C15H16ClN3O. The molecule has 5 heteroatoms. The smallest absolute Gasteiger partial charge is 0.254 e. The molecule has 0 fully saturated rings. The van der Waals surface area contributed by atoms with Crippen LogP contribution in [0.5, 0.6) is 0 Å². The van der Waals surface area contributed by atoms with Crippen LogP contribution in [0, 0.1) is 0 Å². The van der Waals surface area contributed by atoms with Gasteiger partial charge in [-0.25, -0.2) is 4.98 Å². The largest absolute Gasteiger partial charge is 0.332 e. The van der Waals surface area contributed by atoms with E-state index in [9.17, 15) is 4.79 Å². The average molecular weight is 290 g/mol. The van der Waals surface area contributed by atoms with Crippen LogP contribution in [0.2, 0.25) is 5.15 Å². The molecule has 1 amide bonds. The summed E-state index contributed by atoms with van der Waals surface area (Å²) >= 11 is 5.84. The van der Waals surface area contributed by atoms with Crippen molar-refractivity contribution in [3.05, 3.63) is 59.1 Å². The fourth-order valence-electron chi connectivity index (χ4n) is 1.88. The van der Waals surface area contributed by atoms with E-state index in [2.05, 4.69) is 9.97 Å². The second-order valence-corrected chi connectivity index (χ2v) is 5.14. The first-order valence-electron chi connectivity index (χ1n) is 6.39. The number of hydrogen-bond acceptors (Lipinski definition) is 3. The minimum atomic E-state index is -0.0619. The van der Waals surface area contributed by atoms with Crippen molar-refractivity contribution in [3.63, 3.8) is 0 Å². The fourth-order valence-corrected chi connectivity index (χ4v) is 2.05. The molecule has 0 bridgehead atoms. The second-order valence-electron chi connectivity index (χ2n) is 4.76. The molecule has 0 atom stereocenters. The fraction of sp³-hybridized carbons (Fsp3) is 0.267. The minimum Gasteiger partial charge on any atom is -0.332 e. The molecule has 0 unspecified atom stereocenters. The third-order valence-corrected chi connectivity index (χ3v) is 3.14. The Morgan fingerprint density at radius 3 is 2.75 bits per heavy atom. The zero-order valence-corrected chi connectivity index (χ0v) is 12.2. The SMILES string of the molecule is CC(C)N(Cc1cccnc1)C(=O)c1ccnc(Cl)c1. The van der Waals surface area contributed by atoms with Crippen molar-refractivity contribution in [1.82, 2.24) is 14.9 Å². The van der Waals surface area contributed by atoms with Gasteiger partial charge in [0, 0.05) is 36.7 Å². The van der Waals surface area contributed by atoms with Gasteiger partial charge in [0.1, 0.15) is 5.15 Å². The summed E-state index contributed by atoms with van der Waals surface area (Å²) in [7, 11) is 0. The zero-order chi connectivity index (χ0) is 14.5. The van der Waals surface area contributed by atoms with E-state index in [1.807, 2.05) is 26.0 Å². The summed E-state index contributed by atoms with van der Waals surface area (Å²) in [5.74, 6) is -0.0619. The van der Waals surface area contributed by atoms with Crippen LogP contribution in [0.1, 0.15) is 29.8 Å². The number of rotatable bonds is 4. The molecule has 2 aromatic heterocycles. The molecule has 2 heterocycles. The third kappa shape index (κ3) is 3.54. The molecule has 0 N–H and O–H groups in total. The van der Waals surface area contributed by atoms with Gasteiger partial charge in [-0.05, 0) is 37.6 Å². The molecule has 0 aromatic carbocycles. The molecule has 104 valence electrons. The van der Waals surface area contributed by atoms with Gasteiger partial charge >= 0.3 is 0 Å². The Kier molecular flexibility index (Phi) is 4.69. The Morgan fingerprint density at radius 1 is 1.35 bits per heavy atom. The Balaban J connectivity index is 2.23. The van der Waals surface area contributed by atoms with E-state index in [1.54, 1.807) is 29.4 Å². The van der Waals surface area contributed by atoms with Gasteiger partial charge in [0.15, 0.2) is 0 Å². The molecule has 0 aliphatic carbocycles. The highest BCUT2D eigenvalue weighted by molar-refractivity contribution is 6.29. The lowest BCUT2D eigenvalue weighted by Gasteiger charge is -2.27. The topological polar surface area (TPSA) is 46.1 Å². The highest BCUT2D eigenvalue weighted by Crippen LogP contribution is 2.14. The van der Waals surface area contributed by atoms with Crippen molar-refractivity contribution < 1.29 is 4.79 Å². The molecule has 20 heavy (non-hydrogen) atoms. The number of pyridine rings is 2. The van der Waals surface area contributed by atoms with Gasteiger partial charge in [-0.2, -0.15) is 0 Å². The maximum atomic E-state index is 12.6. The number of amides is 1. The monoisotopic (exact) mass is 289 g/mol. The zero-order valence-electron chi connectivity index (χ0n) is 11.5. The summed E-state index contributed by atoms with van der Waals surface area (Å²) in [4.78, 5) is 22.3. The van der Waals surface area contributed by atoms with Gasteiger partial charge in [-0.1, -0.05) is 17.7 Å². The molecule has 0 saturated heterocycles. The Bertz CT molecular complexity index is 587. The molecule has 2 rings (SSSR count). The summed E-state index contributed by atoms with van der Waals surface area (Å²) in [5, 5.41) is 0.320. The molecule has 0 spiro atoms. The van der Waals surface area contributed by atoms with Crippen molar-refractivity contribution in [2.24, 2.45) is 0 Å². The van der Waals surface area contributed by atoms with Crippen molar-refractivity contribution in [2.75, 3.05) is 0 Å². The lowest BCUT2D eigenvalue weighted by atomic mass is 10.1. The molecule has 0 saturated carbocycles. The van der Waals surface area contributed by atoms with Gasteiger partial charge < -0.3 is 4.90 Å². The van der Waals surface area contributed by atoms with E-state index in [1.165, 1.54) is 6.20 Å². The molecular weight excluding hydrogens is 274 g/mol. The number of nitrogens with zero attached hydrogens (tertiary/aromatic N) is 3. The van der Waals surface area contributed by atoms with Gasteiger partial charge in [-0.3, -0.25) is 9.78 Å². The molecule has 0 aliphatic heterocycles. The maximum absolute atomic E-state index is 12.6. The lowest BCUT2D eigenvalue weighted by molar-refractivity contribution is 0.0690. The predicted molar refractivity (Wildman–Crippen MR) is 78.5 cm³/mol. The standard InChI is InChI=1S/C15H16ClN3O/c1-11(2)19(10-12-4-3-6-17-9-12)15(20)13-5-7-18-14(16)8-13/h3-9,11H,10H2,1-2H3. The van der Waals surface area contributed by atoms with Crippen LogP contribution in [0.4, 0.5) is 0 Å². The van der Waals surface area contributed by atoms with Crippen LogP contribution < -0.4 is 0 Å². The van der Waals surface area contributed by atoms with Crippen LogP contribution in [0.25, 0.3) is 0 Å².